The molecule has 0 spiro atoms. The summed E-state index contributed by atoms with van der Waals surface area (Å²) in [6.07, 6.45) is 4.36. The highest BCUT2D eigenvalue weighted by Gasteiger charge is 2.30. The summed E-state index contributed by atoms with van der Waals surface area (Å²) in [6.45, 7) is 5.55. The second kappa shape index (κ2) is 5.05. The summed E-state index contributed by atoms with van der Waals surface area (Å²) < 4.78 is 0. The molecule has 2 aliphatic heterocycles. The van der Waals surface area contributed by atoms with Gasteiger partial charge in [0, 0.05) is 44.0 Å². The second-order valence-electron chi connectivity index (χ2n) is 5.19. The topological polar surface area (TPSA) is 43.2 Å². The molecular weight excluding hydrogens is 224 g/mol. The van der Waals surface area contributed by atoms with Gasteiger partial charge in [-0.2, -0.15) is 5.26 Å². The van der Waals surface area contributed by atoms with E-state index in [-0.39, 0.29) is 0 Å². The SMILES string of the molecule is N#Cc1ncccc1CN1CCN2CCCC2C1. The van der Waals surface area contributed by atoms with Crippen LogP contribution in [0.4, 0.5) is 0 Å². The highest BCUT2D eigenvalue weighted by molar-refractivity contribution is 5.30. The van der Waals surface area contributed by atoms with E-state index in [9.17, 15) is 0 Å². The Bertz CT molecular complexity index is 465. The Morgan fingerprint density at radius 2 is 2.33 bits per heavy atom. The zero-order chi connectivity index (χ0) is 12.4. The maximum Gasteiger partial charge on any atom is 0.144 e. The number of hydrogen-bond donors (Lipinski definition) is 0. The van der Waals surface area contributed by atoms with Crippen LogP contribution in [-0.4, -0.2) is 47.0 Å². The molecule has 4 nitrogen and oxygen atoms in total. The number of nitrogens with zero attached hydrogens (tertiary/aromatic N) is 4. The predicted octanol–water partition coefficient (Wildman–Crippen LogP) is 1.23. The fourth-order valence-corrected chi connectivity index (χ4v) is 3.11. The lowest BCUT2D eigenvalue weighted by atomic mass is 10.1. The highest BCUT2D eigenvalue weighted by atomic mass is 15.3. The number of pyridine rings is 1. The van der Waals surface area contributed by atoms with Gasteiger partial charge >= 0.3 is 0 Å². The predicted molar refractivity (Wildman–Crippen MR) is 68.8 cm³/mol. The molecular formula is C14H18N4. The van der Waals surface area contributed by atoms with Crippen molar-refractivity contribution in [3.63, 3.8) is 0 Å². The van der Waals surface area contributed by atoms with Crippen LogP contribution >= 0.6 is 0 Å². The first-order valence-corrected chi connectivity index (χ1v) is 6.67. The quantitative estimate of drug-likeness (QED) is 0.782. The van der Waals surface area contributed by atoms with Crippen LogP contribution in [0.3, 0.4) is 0 Å². The molecule has 3 heterocycles. The van der Waals surface area contributed by atoms with Gasteiger partial charge in [-0.15, -0.1) is 0 Å². The van der Waals surface area contributed by atoms with Crippen LogP contribution in [0, 0.1) is 11.3 Å². The minimum Gasteiger partial charge on any atom is -0.298 e. The first-order valence-electron chi connectivity index (χ1n) is 6.67. The molecule has 0 bridgehead atoms. The number of hydrogen-bond acceptors (Lipinski definition) is 4. The van der Waals surface area contributed by atoms with Gasteiger partial charge in [0.25, 0.3) is 0 Å². The number of aromatic nitrogens is 1. The molecule has 0 N–H and O–H groups in total. The number of nitriles is 1. The third kappa shape index (κ3) is 2.24. The summed E-state index contributed by atoms with van der Waals surface area (Å²) in [7, 11) is 0. The van der Waals surface area contributed by atoms with Crippen LogP contribution < -0.4 is 0 Å². The summed E-state index contributed by atoms with van der Waals surface area (Å²) in [6, 6.07) is 6.86. The van der Waals surface area contributed by atoms with Crippen molar-refractivity contribution in [3.8, 4) is 6.07 Å². The second-order valence-corrected chi connectivity index (χ2v) is 5.19. The zero-order valence-electron chi connectivity index (χ0n) is 10.5. The fourth-order valence-electron chi connectivity index (χ4n) is 3.11. The van der Waals surface area contributed by atoms with Crippen molar-refractivity contribution in [3.05, 3.63) is 29.6 Å². The lowest BCUT2D eigenvalue weighted by molar-refractivity contribution is 0.0992. The van der Waals surface area contributed by atoms with Gasteiger partial charge in [-0.1, -0.05) is 6.07 Å². The van der Waals surface area contributed by atoms with Crippen molar-refractivity contribution < 1.29 is 0 Å². The summed E-state index contributed by atoms with van der Waals surface area (Å²) >= 11 is 0. The Kier molecular flexibility index (Phi) is 3.26. The van der Waals surface area contributed by atoms with E-state index >= 15 is 0 Å². The summed E-state index contributed by atoms with van der Waals surface area (Å²) in [5, 5.41) is 9.06. The molecule has 1 aromatic rings. The highest BCUT2D eigenvalue weighted by Crippen LogP contribution is 2.22. The van der Waals surface area contributed by atoms with Crippen molar-refractivity contribution in [2.24, 2.45) is 0 Å². The minimum absolute atomic E-state index is 0.575. The maximum absolute atomic E-state index is 9.06. The van der Waals surface area contributed by atoms with Crippen molar-refractivity contribution in [2.75, 3.05) is 26.2 Å². The van der Waals surface area contributed by atoms with E-state index in [4.69, 9.17) is 5.26 Å². The smallest absolute Gasteiger partial charge is 0.144 e. The molecule has 1 atom stereocenters. The standard InChI is InChI=1S/C14H18N4/c15-9-14-12(3-1-5-16-14)10-17-7-8-18-6-2-4-13(18)11-17/h1,3,5,13H,2,4,6-8,10-11H2. The number of fused-ring (bicyclic) bond motifs is 1. The molecule has 18 heavy (non-hydrogen) atoms. The van der Waals surface area contributed by atoms with Crippen molar-refractivity contribution >= 4 is 0 Å². The van der Waals surface area contributed by atoms with Crippen molar-refractivity contribution in [1.29, 1.82) is 5.26 Å². The molecule has 0 amide bonds. The Labute approximate surface area is 108 Å². The van der Waals surface area contributed by atoms with Gasteiger partial charge in [0.2, 0.25) is 0 Å². The lowest BCUT2D eigenvalue weighted by Crippen LogP contribution is -2.49. The first kappa shape index (κ1) is 11.6. The minimum atomic E-state index is 0.575. The molecule has 4 heteroatoms. The molecule has 0 saturated carbocycles. The van der Waals surface area contributed by atoms with Gasteiger partial charge in [-0.3, -0.25) is 9.80 Å². The van der Waals surface area contributed by atoms with Gasteiger partial charge in [-0.05, 0) is 25.5 Å². The molecule has 1 unspecified atom stereocenters. The van der Waals surface area contributed by atoms with Crippen LogP contribution in [0.25, 0.3) is 0 Å². The number of piperazine rings is 1. The molecule has 3 rings (SSSR count). The third-order valence-corrected chi connectivity index (χ3v) is 4.06. The summed E-state index contributed by atoms with van der Waals surface area (Å²) in [5.74, 6) is 0. The van der Waals surface area contributed by atoms with E-state index in [0.717, 1.165) is 31.2 Å². The van der Waals surface area contributed by atoms with Crippen LogP contribution in [0.2, 0.25) is 0 Å². The van der Waals surface area contributed by atoms with Crippen molar-refractivity contribution in [1.82, 2.24) is 14.8 Å². The summed E-state index contributed by atoms with van der Waals surface area (Å²) in [5.41, 5.74) is 1.64. The van der Waals surface area contributed by atoms with Gasteiger partial charge < -0.3 is 0 Å². The monoisotopic (exact) mass is 242 g/mol. The average molecular weight is 242 g/mol. The fraction of sp³-hybridized carbons (Fsp3) is 0.571. The molecule has 0 aliphatic carbocycles. The van der Waals surface area contributed by atoms with E-state index < -0.39 is 0 Å². The Morgan fingerprint density at radius 3 is 3.22 bits per heavy atom. The average Bonchev–Trinajstić information content (AvgIpc) is 2.87. The molecule has 1 aromatic heterocycles. The van der Waals surface area contributed by atoms with Crippen LogP contribution in [-0.2, 0) is 6.54 Å². The van der Waals surface area contributed by atoms with Crippen LogP contribution in [0.1, 0.15) is 24.1 Å². The van der Waals surface area contributed by atoms with Gasteiger partial charge in [-0.25, -0.2) is 4.98 Å². The van der Waals surface area contributed by atoms with Gasteiger partial charge in [0.05, 0.1) is 0 Å². The molecule has 2 aliphatic rings. The van der Waals surface area contributed by atoms with E-state index in [1.807, 2.05) is 12.1 Å². The normalized spacial score (nSPS) is 24.7. The van der Waals surface area contributed by atoms with E-state index in [1.165, 1.54) is 25.9 Å². The van der Waals surface area contributed by atoms with E-state index in [2.05, 4.69) is 20.9 Å². The number of rotatable bonds is 2. The molecule has 2 fully saturated rings. The van der Waals surface area contributed by atoms with Crippen molar-refractivity contribution in [2.45, 2.75) is 25.4 Å². The Morgan fingerprint density at radius 1 is 1.39 bits per heavy atom. The summed E-state index contributed by atoms with van der Waals surface area (Å²) in [4.78, 5) is 9.20. The maximum atomic E-state index is 9.06. The van der Waals surface area contributed by atoms with Gasteiger partial charge in [0.1, 0.15) is 11.8 Å². The van der Waals surface area contributed by atoms with Gasteiger partial charge in [0.15, 0.2) is 0 Å². The van der Waals surface area contributed by atoms with E-state index in [1.54, 1.807) is 6.20 Å². The van der Waals surface area contributed by atoms with Crippen LogP contribution in [0.15, 0.2) is 18.3 Å². The lowest BCUT2D eigenvalue weighted by Gasteiger charge is -2.37. The zero-order valence-corrected chi connectivity index (χ0v) is 10.5. The van der Waals surface area contributed by atoms with E-state index in [0.29, 0.717) is 5.69 Å². The Hall–Kier alpha value is -1.44. The molecule has 2 saturated heterocycles. The van der Waals surface area contributed by atoms with Crippen LogP contribution in [0.5, 0.6) is 0 Å². The molecule has 94 valence electrons. The Balaban J connectivity index is 1.68. The first-order chi connectivity index (χ1) is 8.86. The third-order valence-electron chi connectivity index (χ3n) is 4.06. The molecule has 0 radical (unpaired) electrons. The molecule has 0 aromatic carbocycles. The largest absolute Gasteiger partial charge is 0.298 e.